The third kappa shape index (κ3) is 11.4. The van der Waals surface area contributed by atoms with E-state index in [1.165, 1.54) is 86.5 Å². The predicted octanol–water partition coefficient (Wildman–Crippen LogP) is 14.1. The molecule has 1 unspecified atom stereocenters. The van der Waals surface area contributed by atoms with Crippen LogP contribution >= 0.6 is 0 Å². The number of esters is 1. The van der Waals surface area contributed by atoms with Crippen LogP contribution in [0.3, 0.4) is 0 Å². The summed E-state index contributed by atoms with van der Waals surface area (Å²) in [7, 11) is 0. The minimum atomic E-state index is -0.377. The Hall–Kier alpha value is -4.55. The van der Waals surface area contributed by atoms with Crippen molar-refractivity contribution < 1.29 is 28.8 Å². The summed E-state index contributed by atoms with van der Waals surface area (Å²) in [5.74, 6) is 2.53. The lowest BCUT2D eigenvalue weighted by molar-refractivity contribution is -0.195. The van der Waals surface area contributed by atoms with Gasteiger partial charge in [-0.3, -0.25) is 0 Å². The number of ether oxygens (including phenoxy) is 3. The van der Waals surface area contributed by atoms with Crippen molar-refractivity contribution in [2.75, 3.05) is 19.8 Å². The molecule has 59 heavy (non-hydrogen) atoms. The first kappa shape index (κ1) is 44.0. The normalized spacial score (nSPS) is 17.3. The second kappa shape index (κ2) is 20.6. The predicted molar refractivity (Wildman–Crippen MR) is 240 cm³/mol. The quantitative estimate of drug-likeness (QED) is 0.0245. The fourth-order valence-electron chi connectivity index (χ4n) is 9.42. The van der Waals surface area contributed by atoms with Crippen molar-refractivity contribution in [1.29, 1.82) is 0 Å². The number of benzene rings is 4. The molecule has 2 aliphatic carbocycles. The van der Waals surface area contributed by atoms with Gasteiger partial charge >= 0.3 is 5.97 Å². The molecule has 1 atom stereocenters. The SMILES string of the molecule is CCCCCCCCOc1ccc(/C=C/COOc2ccc3c(c2)C2(CC3(C)C)CC(C)(C)c3ccc(OC(=O)c4ccc(OCCCCCCCC)cc4)cc32)cc1. The third-order valence-corrected chi connectivity index (χ3v) is 12.3. The lowest BCUT2D eigenvalue weighted by Gasteiger charge is -2.30. The largest absolute Gasteiger partial charge is 0.494 e. The Bertz CT molecular complexity index is 1970. The molecule has 0 N–H and O–H groups in total. The van der Waals surface area contributed by atoms with Crippen LogP contribution in [-0.2, 0) is 21.1 Å². The van der Waals surface area contributed by atoms with Gasteiger partial charge in [0, 0.05) is 5.41 Å². The maximum absolute atomic E-state index is 13.4. The molecule has 0 bridgehead atoms. The average Bonchev–Trinajstić information content (AvgIpc) is 3.59. The summed E-state index contributed by atoms with van der Waals surface area (Å²) in [5, 5.41) is 0. The van der Waals surface area contributed by atoms with Crippen LogP contribution < -0.4 is 19.1 Å². The van der Waals surface area contributed by atoms with E-state index in [1.54, 1.807) is 12.1 Å². The summed E-state index contributed by atoms with van der Waals surface area (Å²) in [5.41, 5.74) is 6.26. The minimum absolute atomic E-state index is 0.0600. The summed E-state index contributed by atoms with van der Waals surface area (Å²) in [6, 6.07) is 28.0. The molecule has 0 aromatic heterocycles. The number of carbonyl (C=O) groups excluding carboxylic acids is 1. The van der Waals surface area contributed by atoms with Crippen LogP contribution in [-0.4, -0.2) is 25.8 Å². The first-order chi connectivity index (χ1) is 28.5. The molecule has 0 saturated carbocycles. The number of unbranched alkanes of at least 4 members (excludes halogenated alkanes) is 10. The Balaban J connectivity index is 1.06. The standard InChI is InChI=1S/C53H68O6/c1-7-9-11-13-15-17-33-55-42-25-21-40(22-26-42)20-19-35-57-59-45-30-32-47-49(37-45)53(39-52(47,5)6)38-51(3,4)46-31-29-44(36-48(46)53)58-50(54)41-23-27-43(28-24-41)56-34-18-16-14-12-10-8-2/h19-32,36-37H,7-18,33-35,38-39H2,1-6H3/b20-19+. The highest BCUT2D eigenvalue weighted by Crippen LogP contribution is 2.63. The van der Waals surface area contributed by atoms with Gasteiger partial charge in [-0.15, -0.1) is 0 Å². The lowest BCUT2D eigenvalue weighted by Crippen LogP contribution is -2.27. The molecule has 6 rings (SSSR count). The van der Waals surface area contributed by atoms with E-state index in [-0.39, 0.29) is 22.2 Å². The molecule has 0 amide bonds. The smallest absolute Gasteiger partial charge is 0.343 e. The van der Waals surface area contributed by atoms with Crippen molar-refractivity contribution in [3.05, 3.63) is 124 Å². The summed E-state index contributed by atoms with van der Waals surface area (Å²) in [6.07, 6.45) is 20.7. The van der Waals surface area contributed by atoms with Crippen LogP contribution in [0.25, 0.3) is 6.08 Å². The third-order valence-electron chi connectivity index (χ3n) is 12.3. The molecule has 4 aromatic carbocycles. The van der Waals surface area contributed by atoms with Crippen LogP contribution in [0, 0.1) is 0 Å². The number of carbonyl (C=O) groups is 1. The van der Waals surface area contributed by atoms with E-state index in [4.69, 9.17) is 24.0 Å². The van der Waals surface area contributed by atoms with Crippen molar-refractivity contribution in [3.8, 4) is 23.0 Å². The molecule has 0 radical (unpaired) electrons. The fraction of sp³-hybridized carbons (Fsp3) is 0.491. The maximum Gasteiger partial charge on any atom is 0.343 e. The van der Waals surface area contributed by atoms with E-state index >= 15 is 0 Å². The lowest BCUT2D eigenvalue weighted by atomic mass is 9.72. The van der Waals surface area contributed by atoms with E-state index < -0.39 is 0 Å². The zero-order valence-electron chi connectivity index (χ0n) is 36.7. The first-order valence-electron chi connectivity index (χ1n) is 22.5. The molecule has 4 aromatic rings. The van der Waals surface area contributed by atoms with E-state index in [9.17, 15) is 4.79 Å². The number of hydrogen-bond acceptors (Lipinski definition) is 6. The summed E-state index contributed by atoms with van der Waals surface area (Å²) < 4.78 is 17.9. The Morgan fingerprint density at radius 3 is 1.59 bits per heavy atom. The number of hydrogen-bond donors (Lipinski definition) is 0. The molecule has 0 aliphatic heterocycles. The van der Waals surface area contributed by atoms with Gasteiger partial charge in [0.2, 0.25) is 0 Å². The van der Waals surface area contributed by atoms with Gasteiger partial charge < -0.3 is 19.1 Å². The summed E-state index contributed by atoms with van der Waals surface area (Å²) >= 11 is 0. The highest BCUT2D eigenvalue weighted by molar-refractivity contribution is 5.91. The van der Waals surface area contributed by atoms with Crippen LogP contribution in [0.4, 0.5) is 0 Å². The van der Waals surface area contributed by atoms with Gasteiger partial charge in [0.25, 0.3) is 0 Å². The van der Waals surface area contributed by atoms with Gasteiger partial charge in [0.15, 0.2) is 5.75 Å². The number of rotatable bonds is 23. The van der Waals surface area contributed by atoms with Crippen molar-refractivity contribution in [3.63, 3.8) is 0 Å². The molecule has 1 spiro atoms. The highest BCUT2D eigenvalue weighted by Gasteiger charge is 2.56. The van der Waals surface area contributed by atoms with Gasteiger partial charge in [0.05, 0.1) is 18.8 Å². The summed E-state index contributed by atoms with van der Waals surface area (Å²) in [4.78, 5) is 25.0. The van der Waals surface area contributed by atoms with Crippen molar-refractivity contribution >= 4 is 12.0 Å². The summed E-state index contributed by atoms with van der Waals surface area (Å²) in [6.45, 7) is 15.5. The molecule has 6 heteroatoms. The second-order valence-electron chi connectivity index (χ2n) is 18.1. The Kier molecular flexibility index (Phi) is 15.4. The highest BCUT2D eigenvalue weighted by atomic mass is 17.2. The zero-order chi connectivity index (χ0) is 41.7. The fourth-order valence-corrected chi connectivity index (χ4v) is 9.42. The molecule has 0 saturated heterocycles. The molecule has 6 nitrogen and oxygen atoms in total. The van der Waals surface area contributed by atoms with Gasteiger partial charge in [-0.25, -0.2) is 4.79 Å². The number of fused-ring (bicyclic) bond motifs is 4. The second-order valence-corrected chi connectivity index (χ2v) is 18.1. The topological polar surface area (TPSA) is 63.2 Å². The molecular weight excluding hydrogens is 733 g/mol. The van der Waals surface area contributed by atoms with Crippen LogP contribution in [0.2, 0.25) is 0 Å². The van der Waals surface area contributed by atoms with Gasteiger partial charge in [-0.2, -0.15) is 4.89 Å². The Morgan fingerprint density at radius 2 is 1.03 bits per heavy atom. The monoisotopic (exact) mass is 801 g/mol. The van der Waals surface area contributed by atoms with Gasteiger partial charge in [0.1, 0.15) is 23.9 Å². The minimum Gasteiger partial charge on any atom is -0.494 e. The molecule has 0 heterocycles. The van der Waals surface area contributed by atoms with E-state index in [2.05, 4.69) is 77.9 Å². The Labute approximate surface area is 354 Å². The Morgan fingerprint density at radius 1 is 0.559 bits per heavy atom. The molecule has 0 fully saturated rings. The molecular formula is C53H68O6. The van der Waals surface area contributed by atoms with Crippen molar-refractivity contribution in [2.45, 2.75) is 148 Å². The van der Waals surface area contributed by atoms with E-state index in [0.717, 1.165) is 49.4 Å². The van der Waals surface area contributed by atoms with Gasteiger partial charge in [-0.05, 0) is 125 Å². The maximum atomic E-state index is 13.4. The van der Waals surface area contributed by atoms with Crippen LogP contribution in [0.15, 0.2) is 91.0 Å². The van der Waals surface area contributed by atoms with E-state index in [1.807, 2.05) is 48.6 Å². The zero-order valence-corrected chi connectivity index (χ0v) is 36.7. The van der Waals surface area contributed by atoms with Crippen LogP contribution in [0.1, 0.15) is 170 Å². The molecule has 316 valence electrons. The van der Waals surface area contributed by atoms with Gasteiger partial charge in [-0.1, -0.05) is 142 Å². The van der Waals surface area contributed by atoms with Crippen molar-refractivity contribution in [2.24, 2.45) is 0 Å². The van der Waals surface area contributed by atoms with Crippen molar-refractivity contribution in [1.82, 2.24) is 0 Å². The average molecular weight is 801 g/mol. The van der Waals surface area contributed by atoms with Crippen LogP contribution in [0.5, 0.6) is 23.0 Å². The molecule has 2 aliphatic rings. The first-order valence-corrected chi connectivity index (χ1v) is 22.5. The van der Waals surface area contributed by atoms with E-state index in [0.29, 0.717) is 30.3 Å².